The topological polar surface area (TPSA) is 17.1 Å². The number of hydrogen-bond acceptors (Lipinski definition) is 1. The zero-order valence-corrected chi connectivity index (χ0v) is 10.3. The van der Waals surface area contributed by atoms with Gasteiger partial charge in [0.15, 0.2) is 11.5 Å². The molecule has 2 aromatic rings. The lowest BCUT2D eigenvalue weighted by Gasteiger charge is -2.19. The molecule has 0 N–H and O–H groups in total. The first-order valence-corrected chi connectivity index (χ1v) is 5.92. The Balaban J connectivity index is 2.18. The van der Waals surface area contributed by atoms with E-state index in [1.165, 1.54) is 6.92 Å². The monoisotopic (exact) mass is 242 g/mol. The van der Waals surface area contributed by atoms with Crippen LogP contribution in [0.3, 0.4) is 0 Å². The number of alkyl halides is 1. The summed E-state index contributed by atoms with van der Waals surface area (Å²) in [6, 6.07) is 17.8. The van der Waals surface area contributed by atoms with Gasteiger partial charge in [-0.15, -0.1) is 0 Å². The minimum atomic E-state index is -1.93. The summed E-state index contributed by atoms with van der Waals surface area (Å²) >= 11 is 0. The molecule has 1 nitrogen and oxygen atoms in total. The Morgan fingerprint density at radius 2 is 1.50 bits per heavy atom. The van der Waals surface area contributed by atoms with E-state index in [9.17, 15) is 9.18 Å². The number of halogens is 1. The van der Waals surface area contributed by atoms with Crippen LogP contribution >= 0.6 is 0 Å². The Labute approximate surface area is 106 Å². The van der Waals surface area contributed by atoms with Gasteiger partial charge in [0.2, 0.25) is 0 Å². The van der Waals surface area contributed by atoms with Gasteiger partial charge in [-0.05, 0) is 18.1 Å². The van der Waals surface area contributed by atoms with E-state index in [1.54, 1.807) is 30.3 Å². The standard InChI is InChI=1S/C16H15FO/c1-16(17,14-10-6-3-7-11-14)15(18)12-13-8-4-2-5-9-13/h2-11H,12H2,1H3. The van der Waals surface area contributed by atoms with E-state index >= 15 is 0 Å². The highest BCUT2D eigenvalue weighted by Crippen LogP contribution is 2.27. The smallest absolute Gasteiger partial charge is 0.191 e. The molecule has 0 aliphatic carbocycles. The van der Waals surface area contributed by atoms with Crippen molar-refractivity contribution in [2.24, 2.45) is 0 Å². The highest BCUT2D eigenvalue weighted by molar-refractivity contribution is 5.89. The Kier molecular flexibility index (Phi) is 3.56. The van der Waals surface area contributed by atoms with E-state index < -0.39 is 11.5 Å². The van der Waals surface area contributed by atoms with Crippen molar-refractivity contribution in [3.05, 3.63) is 71.8 Å². The molecule has 0 aliphatic rings. The molecular weight excluding hydrogens is 227 g/mol. The van der Waals surface area contributed by atoms with Crippen molar-refractivity contribution in [1.82, 2.24) is 0 Å². The minimum Gasteiger partial charge on any atom is -0.295 e. The predicted molar refractivity (Wildman–Crippen MR) is 70.1 cm³/mol. The molecule has 0 aliphatic heterocycles. The Hall–Kier alpha value is -1.96. The van der Waals surface area contributed by atoms with Crippen LogP contribution in [0.15, 0.2) is 60.7 Å². The average Bonchev–Trinajstić information content (AvgIpc) is 2.41. The second-order valence-corrected chi connectivity index (χ2v) is 4.45. The van der Waals surface area contributed by atoms with Crippen LogP contribution in [0.2, 0.25) is 0 Å². The van der Waals surface area contributed by atoms with Crippen LogP contribution in [0.4, 0.5) is 4.39 Å². The molecule has 0 saturated carbocycles. The van der Waals surface area contributed by atoms with E-state index in [0.717, 1.165) is 5.56 Å². The molecule has 2 rings (SSSR count). The number of carbonyl (C=O) groups is 1. The summed E-state index contributed by atoms with van der Waals surface area (Å²) in [6.07, 6.45) is 0.114. The van der Waals surface area contributed by atoms with Gasteiger partial charge in [0.05, 0.1) is 0 Å². The maximum absolute atomic E-state index is 14.6. The molecule has 18 heavy (non-hydrogen) atoms. The molecule has 0 heterocycles. The molecule has 0 amide bonds. The average molecular weight is 242 g/mol. The molecule has 0 radical (unpaired) electrons. The largest absolute Gasteiger partial charge is 0.295 e. The number of hydrogen-bond donors (Lipinski definition) is 0. The first-order valence-electron chi connectivity index (χ1n) is 5.92. The van der Waals surface area contributed by atoms with Gasteiger partial charge in [0.25, 0.3) is 0 Å². The third-order valence-corrected chi connectivity index (χ3v) is 3.05. The van der Waals surface area contributed by atoms with Gasteiger partial charge in [-0.25, -0.2) is 4.39 Å². The quantitative estimate of drug-likeness (QED) is 0.799. The van der Waals surface area contributed by atoms with Crippen molar-refractivity contribution in [2.45, 2.75) is 19.0 Å². The molecule has 0 bridgehead atoms. The van der Waals surface area contributed by atoms with Crippen LogP contribution in [0.5, 0.6) is 0 Å². The van der Waals surface area contributed by atoms with Gasteiger partial charge in [-0.1, -0.05) is 60.7 Å². The third-order valence-electron chi connectivity index (χ3n) is 3.05. The highest BCUT2D eigenvalue weighted by atomic mass is 19.1. The second-order valence-electron chi connectivity index (χ2n) is 4.45. The van der Waals surface area contributed by atoms with Crippen molar-refractivity contribution < 1.29 is 9.18 Å². The fraction of sp³-hybridized carbons (Fsp3) is 0.188. The fourth-order valence-electron chi connectivity index (χ4n) is 1.86. The predicted octanol–water partition coefficient (Wildman–Crippen LogP) is 3.68. The van der Waals surface area contributed by atoms with Crippen LogP contribution < -0.4 is 0 Å². The Morgan fingerprint density at radius 1 is 1.00 bits per heavy atom. The van der Waals surface area contributed by atoms with Crippen molar-refractivity contribution in [3.8, 4) is 0 Å². The SMILES string of the molecule is CC(F)(C(=O)Cc1ccccc1)c1ccccc1. The summed E-state index contributed by atoms with van der Waals surface area (Å²) in [6.45, 7) is 1.33. The number of benzene rings is 2. The first kappa shape index (κ1) is 12.5. The zero-order valence-electron chi connectivity index (χ0n) is 10.3. The third kappa shape index (κ3) is 2.65. The van der Waals surface area contributed by atoms with Crippen molar-refractivity contribution in [2.75, 3.05) is 0 Å². The summed E-state index contributed by atoms with van der Waals surface area (Å²) in [5.41, 5.74) is -0.690. The fourth-order valence-corrected chi connectivity index (χ4v) is 1.86. The summed E-state index contributed by atoms with van der Waals surface area (Å²) in [5, 5.41) is 0. The summed E-state index contributed by atoms with van der Waals surface area (Å²) < 4.78 is 14.6. The molecule has 1 unspecified atom stereocenters. The summed E-state index contributed by atoms with van der Waals surface area (Å²) in [4.78, 5) is 12.1. The van der Waals surface area contributed by atoms with E-state index in [1.807, 2.05) is 30.3 Å². The summed E-state index contributed by atoms with van der Waals surface area (Å²) in [7, 11) is 0. The van der Waals surface area contributed by atoms with Crippen LogP contribution in [-0.2, 0) is 16.9 Å². The van der Waals surface area contributed by atoms with Crippen LogP contribution in [0.1, 0.15) is 18.1 Å². The van der Waals surface area contributed by atoms with Gasteiger partial charge in [-0.3, -0.25) is 4.79 Å². The van der Waals surface area contributed by atoms with Crippen LogP contribution in [-0.4, -0.2) is 5.78 Å². The van der Waals surface area contributed by atoms with Gasteiger partial charge in [0.1, 0.15) is 0 Å². The van der Waals surface area contributed by atoms with Crippen molar-refractivity contribution in [3.63, 3.8) is 0 Å². The van der Waals surface area contributed by atoms with Crippen molar-refractivity contribution in [1.29, 1.82) is 0 Å². The van der Waals surface area contributed by atoms with Crippen LogP contribution in [0, 0.1) is 0 Å². The molecule has 0 aromatic heterocycles. The number of rotatable bonds is 4. The molecular formula is C16H15FO. The molecule has 92 valence electrons. The van der Waals surface area contributed by atoms with Crippen LogP contribution in [0.25, 0.3) is 0 Å². The Morgan fingerprint density at radius 3 is 2.06 bits per heavy atom. The molecule has 2 heteroatoms. The number of ketones is 1. The maximum atomic E-state index is 14.6. The lowest BCUT2D eigenvalue weighted by Crippen LogP contribution is -2.29. The first-order chi connectivity index (χ1) is 8.60. The molecule has 1 atom stereocenters. The normalized spacial score (nSPS) is 13.9. The highest BCUT2D eigenvalue weighted by Gasteiger charge is 2.34. The molecule has 0 fully saturated rings. The van der Waals surface area contributed by atoms with E-state index in [-0.39, 0.29) is 6.42 Å². The van der Waals surface area contributed by atoms with Gasteiger partial charge in [-0.2, -0.15) is 0 Å². The second kappa shape index (κ2) is 5.13. The van der Waals surface area contributed by atoms with Crippen molar-refractivity contribution >= 4 is 5.78 Å². The molecule has 0 spiro atoms. The van der Waals surface area contributed by atoms with Gasteiger partial charge >= 0.3 is 0 Å². The molecule has 0 saturated heterocycles. The lowest BCUT2D eigenvalue weighted by atomic mass is 9.90. The number of Topliss-reactive ketones (excluding diaryl/α,β-unsaturated/α-hetero) is 1. The molecule has 2 aromatic carbocycles. The zero-order chi connectivity index (χ0) is 13.0. The maximum Gasteiger partial charge on any atom is 0.191 e. The Bertz CT molecular complexity index is 517. The minimum absolute atomic E-state index is 0.114. The summed E-state index contributed by atoms with van der Waals surface area (Å²) in [5.74, 6) is -0.417. The van der Waals surface area contributed by atoms with Gasteiger partial charge in [0, 0.05) is 6.42 Å². The van der Waals surface area contributed by atoms with E-state index in [0.29, 0.717) is 5.56 Å². The van der Waals surface area contributed by atoms with E-state index in [2.05, 4.69) is 0 Å². The lowest BCUT2D eigenvalue weighted by molar-refractivity contribution is -0.129. The van der Waals surface area contributed by atoms with Gasteiger partial charge < -0.3 is 0 Å². The number of carbonyl (C=O) groups excluding carboxylic acids is 1. The van der Waals surface area contributed by atoms with E-state index in [4.69, 9.17) is 0 Å².